The Bertz CT molecular complexity index is 929. The number of carbonyl (C=O) groups excluding carboxylic acids is 2. The predicted molar refractivity (Wildman–Crippen MR) is 105 cm³/mol. The van der Waals surface area contributed by atoms with Crippen molar-refractivity contribution in [1.29, 1.82) is 5.26 Å². The Morgan fingerprint density at radius 1 is 1.15 bits per heavy atom. The van der Waals surface area contributed by atoms with Crippen molar-refractivity contribution in [3.05, 3.63) is 70.1 Å². The zero-order valence-electron chi connectivity index (χ0n) is 14.8. The van der Waals surface area contributed by atoms with Crippen LogP contribution < -0.4 is 4.74 Å². The Morgan fingerprint density at radius 2 is 1.89 bits per heavy atom. The number of carbonyl (C=O) groups is 2. The summed E-state index contributed by atoms with van der Waals surface area (Å²) in [4.78, 5) is 25.9. The Hall–Kier alpha value is -3.04. The molecule has 2 amide bonds. The van der Waals surface area contributed by atoms with Crippen molar-refractivity contribution in [2.24, 2.45) is 0 Å². The lowest BCUT2D eigenvalue weighted by atomic mass is 10.1. The molecule has 1 aliphatic rings. The molecule has 1 heterocycles. The van der Waals surface area contributed by atoms with Gasteiger partial charge in [-0.2, -0.15) is 5.26 Å². The van der Waals surface area contributed by atoms with E-state index in [4.69, 9.17) is 10.00 Å². The maximum absolute atomic E-state index is 12.3. The maximum atomic E-state index is 12.3. The van der Waals surface area contributed by atoms with Gasteiger partial charge in [0.15, 0.2) is 0 Å². The largest absolute Gasteiger partial charge is 0.489 e. The van der Waals surface area contributed by atoms with Gasteiger partial charge in [0, 0.05) is 12.1 Å². The summed E-state index contributed by atoms with van der Waals surface area (Å²) in [5.41, 5.74) is 2.24. The van der Waals surface area contributed by atoms with Crippen LogP contribution in [-0.2, 0) is 11.4 Å². The van der Waals surface area contributed by atoms with Gasteiger partial charge in [-0.15, -0.1) is 0 Å². The number of nitrogens with zero attached hydrogens (tertiary/aromatic N) is 2. The van der Waals surface area contributed by atoms with E-state index in [2.05, 4.69) is 6.07 Å². The minimum Gasteiger partial charge on any atom is -0.489 e. The second-order valence-electron chi connectivity index (χ2n) is 5.96. The number of hydrogen-bond donors (Lipinski definition) is 0. The molecule has 27 heavy (non-hydrogen) atoms. The van der Waals surface area contributed by atoms with Crippen LogP contribution in [0.15, 0.2) is 53.4 Å². The first-order valence-corrected chi connectivity index (χ1v) is 9.40. The summed E-state index contributed by atoms with van der Waals surface area (Å²) in [6.45, 7) is 2.68. The molecule has 136 valence electrons. The average Bonchev–Trinajstić information content (AvgIpc) is 2.95. The molecule has 0 aliphatic carbocycles. The molecule has 0 saturated carbocycles. The minimum absolute atomic E-state index is 0.218. The van der Waals surface area contributed by atoms with Gasteiger partial charge in [0.2, 0.25) is 0 Å². The molecule has 0 radical (unpaired) electrons. The van der Waals surface area contributed by atoms with Gasteiger partial charge in [-0.3, -0.25) is 14.5 Å². The number of rotatable bonds is 6. The third kappa shape index (κ3) is 4.39. The molecule has 2 aromatic carbocycles. The van der Waals surface area contributed by atoms with Crippen molar-refractivity contribution in [2.45, 2.75) is 20.0 Å². The topological polar surface area (TPSA) is 70.4 Å². The zero-order valence-corrected chi connectivity index (χ0v) is 15.7. The first-order valence-electron chi connectivity index (χ1n) is 8.58. The van der Waals surface area contributed by atoms with E-state index in [-0.39, 0.29) is 11.1 Å². The van der Waals surface area contributed by atoms with Crippen LogP contribution in [0.5, 0.6) is 5.75 Å². The number of amides is 2. The molecule has 2 aromatic rings. The van der Waals surface area contributed by atoms with E-state index in [1.54, 1.807) is 24.3 Å². The van der Waals surface area contributed by atoms with Gasteiger partial charge in [0.1, 0.15) is 12.4 Å². The molecule has 0 N–H and O–H groups in total. The predicted octanol–water partition coefficient (Wildman–Crippen LogP) is 4.58. The van der Waals surface area contributed by atoms with Crippen LogP contribution in [0.3, 0.4) is 0 Å². The Balaban J connectivity index is 1.66. The third-order valence-electron chi connectivity index (χ3n) is 4.03. The van der Waals surface area contributed by atoms with Crippen LogP contribution >= 0.6 is 11.8 Å². The van der Waals surface area contributed by atoms with Gasteiger partial charge in [-0.1, -0.05) is 37.3 Å². The molecule has 1 saturated heterocycles. The molecular formula is C21H18N2O3S. The van der Waals surface area contributed by atoms with Crippen LogP contribution in [0, 0.1) is 11.3 Å². The fourth-order valence-corrected chi connectivity index (χ4v) is 3.51. The zero-order chi connectivity index (χ0) is 19.2. The summed E-state index contributed by atoms with van der Waals surface area (Å²) in [6.07, 6.45) is 2.46. The first-order chi connectivity index (χ1) is 13.1. The van der Waals surface area contributed by atoms with Crippen molar-refractivity contribution in [3.8, 4) is 11.8 Å². The number of thioether (sulfide) groups is 1. The fraction of sp³-hybridized carbons (Fsp3) is 0.190. The van der Waals surface area contributed by atoms with E-state index >= 15 is 0 Å². The normalized spacial score (nSPS) is 15.3. The highest BCUT2D eigenvalue weighted by Gasteiger charge is 2.34. The molecule has 0 spiro atoms. The standard InChI is InChI=1S/C21H18N2O3S/c1-2-11-23-20(24)19(27-21(23)25)12-15-7-9-18(10-8-15)26-14-17-6-4-3-5-16(17)13-22/h3-10,12H,2,11,14H2,1H3/b19-12+. The van der Waals surface area contributed by atoms with Crippen molar-refractivity contribution in [3.63, 3.8) is 0 Å². The Kier molecular flexibility index (Phi) is 5.94. The molecular weight excluding hydrogens is 360 g/mol. The Morgan fingerprint density at radius 3 is 2.59 bits per heavy atom. The minimum atomic E-state index is -0.236. The number of imide groups is 1. The van der Waals surface area contributed by atoms with Gasteiger partial charge in [-0.25, -0.2) is 0 Å². The van der Waals surface area contributed by atoms with E-state index in [0.29, 0.717) is 29.4 Å². The number of ether oxygens (including phenoxy) is 1. The highest BCUT2D eigenvalue weighted by atomic mass is 32.2. The van der Waals surface area contributed by atoms with Gasteiger partial charge < -0.3 is 4.74 Å². The summed E-state index contributed by atoms with van der Waals surface area (Å²) in [6, 6.07) is 16.7. The van der Waals surface area contributed by atoms with Crippen molar-refractivity contribution in [2.75, 3.05) is 6.54 Å². The lowest BCUT2D eigenvalue weighted by Crippen LogP contribution is -2.28. The second kappa shape index (κ2) is 8.56. The Labute approximate surface area is 162 Å². The van der Waals surface area contributed by atoms with E-state index in [1.807, 2.05) is 37.3 Å². The molecule has 6 heteroatoms. The summed E-state index contributed by atoms with van der Waals surface area (Å²) in [5, 5.41) is 8.89. The molecule has 0 aromatic heterocycles. The average molecular weight is 378 g/mol. The summed E-state index contributed by atoms with van der Waals surface area (Å²) in [7, 11) is 0. The lowest BCUT2D eigenvalue weighted by Gasteiger charge is -2.09. The van der Waals surface area contributed by atoms with Crippen LogP contribution in [-0.4, -0.2) is 22.6 Å². The first kappa shape index (κ1) is 18.7. The molecule has 5 nitrogen and oxygen atoms in total. The second-order valence-corrected chi connectivity index (χ2v) is 6.95. The quantitative estimate of drug-likeness (QED) is 0.688. The number of hydrogen-bond acceptors (Lipinski definition) is 5. The highest BCUT2D eigenvalue weighted by molar-refractivity contribution is 8.18. The van der Waals surface area contributed by atoms with E-state index < -0.39 is 0 Å². The van der Waals surface area contributed by atoms with Crippen LogP contribution in [0.4, 0.5) is 4.79 Å². The molecule has 0 atom stereocenters. The van der Waals surface area contributed by atoms with E-state index in [1.165, 1.54) is 4.90 Å². The fourth-order valence-electron chi connectivity index (χ4n) is 2.64. The van der Waals surface area contributed by atoms with E-state index in [0.717, 1.165) is 29.3 Å². The molecule has 1 aliphatic heterocycles. The lowest BCUT2D eigenvalue weighted by molar-refractivity contribution is -0.122. The van der Waals surface area contributed by atoms with Gasteiger partial charge in [0.05, 0.1) is 16.5 Å². The maximum Gasteiger partial charge on any atom is 0.293 e. The molecule has 0 unspecified atom stereocenters. The van der Waals surface area contributed by atoms with Crippen LogP contribution in [0.25, 0.3) is 6.08 Å². The smallest absolute Gasteiger partial charge is 0.293 e. The highest BCUT2D eigenvalue weighted by Crippen LogP contribution is 2.32. The van der Waals surface area contributed by atoms with E-state index in [9.17, 15) is 9.59 Å². The van der Waals surface area contributed by atoms with Gasteiger partial charge in [0.25, 0.3) is 11.1 Å². The SMILES string of the molecule is CCCN1C(=O)S/C(=C/c2ccc(OCc3ccccc3C#N)cc2)C1=O. The monoisotopic (exact) mass is 378 g/mol. The summed E-state index contributed by atoms with van der Waals surface area (Å²) >= 11 is 0.969. The van der Waals surface area contributed by atoms with Crippen LogP contribution in [0.1, 0.15) is 30.0 Å². The van der Waals surface area contributed by atoms with Crippen molar-refractivity contribution in [1.82, 2.24) is 4.90 Å². The third-order valence-corrected chi connectivity index (χ3v) is 4.94. The number of benzene rings is 2. The molecule has 3 rings (SSSR count). The van der Waals surface area contributed by atoms with Gasteiger partial charge >= 0.3 is 0 Å². The van der Waals surface area contributed by atoms with Gasteiger partial charge in [-0.05, 0) is 48.0 Å². The summed E-state index contributed by atoms with van der Waals surface area (Å²) in [5.74, 6) is 0.430. The number of nitriles is 1. The van der Waals surface area contributed by atoms with Crippen molar-refractivity contribution >= 4 is 29.0 Å². The molecule has 1 fully saturated rings. The summed E-state index contributed by atoms with van der Waals surface area (Å²) < 4.78 is 5.74. The molecule has 0 bridgehead atoms. The van der Waals surface area contributed by atoms with Crippen LogP contribution in [0.2, 0.25) is 0 Å². The van der Waals surface area contributed by atoms with Crippen molar-refractivity contribution < 1.29 is 14.3 Å².